The van der Waals surface area contributed by atoms with Gasteiger partial charge in [-0.25, -0.2) is 0 Å². The molecule has 0 fully saturated rings. The Morgan fingerprint density at radius 2 is 2.11 bits per heavy atom. The maximum Gasteiger partial charge on any atom is 0.269 e. The molecular weight excluding hydrogens is 226 g/mol. The van der Waals surface area contributed by atoms with E-state index in [9.17, 15) is 4.79 Å². The number of rotatable bonds is 8. The summed E-state index contributed by atoms with van der Waals surface area (Å²) in [4.78, 5) is 15.7. The Morgan fingerprint density at radius 1 is 1.28 bits per heavy atom. The first-order chi connectivity index (χ1) is 8.77. The van der Waals surface area contributed by atoms with Crippen LogP contribution in [0.4, 0.5) is 5.69 Å². The van der Waals surface area contributed by atoms with Crippen molar-refractivity contribution in [3.05, 3.63) is 24.0 Å². The Bertz CT molecular complexity index is 366. The molecule has 0 atom stereocenters. The Balaban J connectivity index is 2.42. The van der Waals surface area contributed by atoms with Gasteiger partial charge >= 0.3 is 0 Å². The lowest BCUT2D eigenvalue weighted by Gasteiger charge is -2.07. The SMILES string of the molecule is CCCCCCNc1ccnc(C(=O)NCC)c1. The first-order valence-corrected chi connectivity index (χ1v) is 6.76. The average molecular weight is 249 g/mol. The van der Waals surface area contributed by atoms with Gasteiger partial charge in [0.25, 0.3) is 5.91 Å². The van der Waals surface area contributed by atoms with Crippen molar-refractivity contribution >= 4 is 11.6 Å². The minimum atomic E-state index is -0.118. The number of pyridine rings is 1. The summed E-state index contributed by atoms with van der Waals surface area (Å²) in [6.45, 7) is 5.66. The zero-order valence-electron chi connectivity index (χ0n) is 11.3. The lowest BCUT2D eigenvalue weighted by atomic mass is 10.2. The van der Waals surface area contributed by atoms with Crippen LogP contribution in [-0.4, -0.2) is 24.0 Å². The van der Waals surface area contributed by atoms with Gasteiger partial charge in [-0.3, -0.25) is 9.78 Å². The topological polar surface area (TPSA) is 54.0 Å². The molecule has 0 radical (unpaired) electrons. The van der Waals surface area contributed by atoms with Crippen LogP contribution in [0.1, 0.15) is 50.0 Å². The number of carbonyl (C=O) groups excluding carboxylic acids is 1. The van der Waals surface area contributed by atoms with Crippen LogP contribution in [-0.2, 0) is 0 Å². The van der Waals surface area contributed by atoms with Crippen LogP contribution in [0.15, 0.2) is 18.3 Å². The van der Waals surface area contributed by atoms with E-state index in [0.717, 1.165) is 18.7 Å². The first-order valence-electron chi connectivity index (χ1n) is 6.76. The molecule has 0 aromatic carbocycles. The van der Waals surface area contributed by atoms with E-state index in [2.05, 4.69) is 22.5 Å². The van der Waals surface area contributed by atoms with Gasteiger partial charge < -0.3 is 10.6 Å². The summed E-state index contributed by atoms with van der Waals surface area (Å²) in [6.07, 6.45) is 6.60. The van der Waals surface area contributed by atoms with Crippen molar-refractivity contribution < 1.29 is 4.79 Å². The highest BCUT2D eigenvalue weighted by Gasteiger charge is 2.05. The molecule has 1 aromatic heterocycles. The Labute approximate surface area is 109 Å². The van der Waals surface area contributed by atoms with Crippen LogP contribution in [0.25, 0.3) is 0 Å². The Kier molecular flexibility index (Phi) is 6.84. The molecule has 1 rings (SSSR count). The predicted octanol–water partition coefficient (Wildman–Crippen LogP) is 2.82. The Morgan fingerprint density at radius 3 is 2.83 bits per heavy atom. The Hall–Kier alpha value is -1.58. The van der Waals surface area contributed by atoms with Crippen molar-refractivity contribution in [3.63, 3.8) is 0 Å². The number of hydrogen-bond acceptors (Lipinski definition) is 3. The van der Waals surface area contributed by atoms with Crippen molar-refractivity contribution in [3.8, 4) is 0 Å². The normalized spacial score (nSPS) is 10.1. The summed E-state index contributed by atoms with van der Waals surface area (Å²) in [5.74, 6) is -0.118. The fourth-order valence-electron chi connectivity index (χ4n) is 1.70. The third-order valence-electron chi connectivity index (χ3n) is 2.69. The molecule has 4 heteroatoms. The van der Waals surface area contributed by atoms with Gasteiger partial charge in [-0.05, 0) is 25.5 Å². The fraction of sp³-hybridized carbons (Fsp3) is 0.571. The van der Waals surface area contributed by atoms with Crippen LogP contribution < -0.4 is 10.6 Å². The molecule has 0 aliphatic rings. The minimum absolute atomic E-state index is 0.118. The maximum absolute atomic E-state index is 11.6. The van der Waals surface area contributed by atoms with E-state index >= 15 is 0 Å². The molecule has 0 bridgehead atoms. The van der Waals surface area contributed by atoms with Gasteiger partial charge in [-0.15, -0.1) is 0 Å². The number of amides is 1. The highest BCUT2D eigenvalue weighted by molar-refractivity contribution is 5.93. The van der Waals surface area contributed by atoms with Gasteiger partial charge in [-0.1, -0.05) is 26.2 Å². The number of unbranched alkanes of at least 4 members (excludes halogenated alkanes) is 3. The van der Waals surface area contributed by atoms with Crippen LogP contribution in [0, 0.1) is 0 Å². The largest absolute Gasteiger partial charge is 0.385 e. The smallest absolute Gasteiger partial charge is 0.269 e. The van der Waals surface area contributed by atoms with E-state index < -0.39 is 0 Å². The van der Waals surface area contributed by atoms with Crippen molar-refractivity contribution in [1.29, 1.82) is 0 Å². The molecule has 1 aromatic rings. The summed E-state index contributed by atoms with van der Waals surface area (Å²) in [6, 6.07) is 3.69. The quantitative estimate of drug-likeness (QED) is 0.697. The summed E-state index contributed by atoms with van der Waals surface area (Å²) in [7, 11) is 0. The highest BCUT2D eigenvalue weighted by atomic mass is 16.1. The number of nitrogens with zero attached hydrogens (tertiary/aromatic N) is 1. The van der Waals surface area contributed by atoms with E-state index in [0.29, 0.717) is 12.2 Å². The summed E-state index contributed by atoms with van der Waals surface area (Å²) in [5, 5.41) is 6.06. The van der Waals surface area contributed by atoms with Gasteiger partial charge in [0.2, 0.25) is 0 Å². The summed E-state index contributed by atoms with van der Waals surface area (Å²) < 4.78 is 0. The van der Waals surface area contributed by atoms with Gasteiger partial charge in [0.15, 0.2) is 0 Å². The van der Waals surface area contributed by atoms with Gasteiger partial charge in [0.1, 0.15) is 5.69 Å². The third-order valence-corrected chi connectivity index (χ3v) is 2.69. The highest BCUT2D eigenvalue weighted by Crippen LogP contribution is 2.08. The van der Waals surface area contributed by atoms with Crippen LogP contribution in [0.3, 0.4) is 0 Å². The monoisotopic (exact) mass is 249 g/mol. The number of nitrogens with one attached hydrogen (secondary N) is 2. The standard InChI is InChI=1S/C14H23N3O/c1-3-5-6-7-9-16-12-8-10-17-13(11-12)14(18)15-4-2/h8,10-11H,3-7,9H2,1-2H3,(H,15,18)(H,16,17). The second-order valence-electron chi connectivity index (χ2n) is 4.28. The van der Waals surface area contributed by atoms with E-state index in [1.807, 2.05) is 13.0 Å². The van der Waals surface area contributed by atoms with Gasteiger partial charge in [0.05, 0.1) is 0 Å². The lowest BCUT2D eigenvalue weighted by Crippen LogP contribution is -2.23. The van der Waals surface area contributed by atoms with Gasteiger partial charge in [0, 0.05) is 25.0 Å². The molecule has 1 heterocycles. The van der Waals surface area contributed by atoms with Crippen molar-refractivity contribution in [2.24, 2.45) is 0 Å². The molecule has 0 saturated heterocycles. The molecule has 0 unspecified atom stereocenters. The van der Waals surface area contributed by atoms with E-state index in [4.69, 9.17) is 0 Å². The predicted molar refractivity (Wildman–Crippen MR) is 74.9 cm³/mol. The van der Waals surface area contributed by atoms with Crippen LogP contribution in [0.2, 0.25) is 0 Å². The zero-order chi connectivity index (χ0) is 13.2. The second kappa shape index (κ2) is 8.50. The average Bonchev–Trinajstić information content (AvgIpc) is 2.39. The van der Waals surface area contributed by atoms with Crippen molar-refractivity contribution in [2.45, 2.75) is 39.5 Å². The fourth-order valence-corrected chi connectivity index (χ4v) is 1.70. The molecule has 100 valence electrons. The molecule has 1 amide bonds. The van der Waals surface area contributed by atoms with E-state index in [1.165, 1.54) is 19.3 Å². The molecule has 0 aliphatic carbocycles. The molecule has 0 spiro atoms. The third kappa shape index (κ3) is 5.17. The van der Waals surface area contributed by atoms with Crippen LogP contribution in [0.5, 0.6) is 0 Å². The number of carbonyl (C=O) groups is 1. The number of hydrogen-bond donors (Lipinski definition) is 2. The number of anilines is 1. The summed E-state index contributed by atoms with van der Waals surface area (Å²) >= 11 is 0. The van der Waals surface area contributed by atoms with Crippen molar-refractivity contribution in [1.82, 2.24) is 10.3 Å². The van der Waals surface area contributed by atoms with E-state index in [1.54, 1.807) is 12.3 Å². The molecule has 4 nitrogen and oxygen atoms in total. The zero-order valence-corrected chi connectivity index (χ0v) is 11.3. The first kappa shape index (κ1) is 14.5. The lowest BCUT2D eigenvalue weighted by molar-refractivity contribution is 0.0951. The minimum Gasteiger partial charge on any atom is -0.385 e. The van der Waals surface area contributed by atoms with Crippen molar-refractivity contribution in [2.75, 3.05) is 18.4 Å². The van der Waals surface area contributed by atoms with Gasteiger partial charge in [-0.2, -0.15) is 0 Å². The summed E-state index contributed by atoms with van der Waals surface area (Å²) in [5.41, 5.74) is 1.43. The molecule has 0 saturated carbocycles. The molecule has 18 heavy (non-hydrogen) atoms. The number of aromatic nitrogens is 1. The van der Waals surface area contributed by atoms with E-state index in [-0.39, 0.29) is 5.91 Å². The molecule has 2 N–H and O–H groups in total. The maximum atomic E-state index is 11.6. The second-order valence-corrected chi connectivity index (χ2v) is 4.28. The molecule has 0 aliphatic heterocycles. The molecular formula is C14H23N3O. The van der Waals surface area contributed by atoms with Crippen LogP contribution >= 0.6 is 0 Å².